The maximum atomic E-state index is 12.0. The van der Waals surface area contributed by atoms with E-state index in [0.717, 1.165) is 0 Å². The number of hydrogen-bond donors (Lipinski definition) is 1. The van der Waals surface area contributed by atoms with Crippen molar-refractivity contribution in [3.63, 3.8) is 0 Å². The second-order valence-corrected chi connectivity index (χ2v) is 3.91. The molecule has 0 aliphatic heterocycles. The fourth-order valence-corrected chi connectivity index (χ4v) is 1.48. The molecule has 2 unspecified atom stereocenters. The normalized spacial score (nSPS) is 12.6. The van der Waals surface area contributed by atoms with Gasteiger partial charge in [0.1, 0.15) is 17.9 Å². The predicted octanol–water partition coefficient (Wildman–Crippen LogP) is 1.70. The van der Waals surface area contributed by atoms with Crippen LogP contribution in [0.1, 0.15) is 23.7 Å². The third-order valence-corrected chi connectivity index (χ3v) is 2.57. The minimum Gasteiger partial charge on any atom is -0.497 e. The van der Waals surface area contributed by atoms with E-state index in [1.54, 1.807) is 24.3 Å². The Morgan fingerprint density at radius 3 is 2.85 bits per heavy atom. The van der Waals surface area contributed by atoms with Crippen LogP contribution in [-0.2, 0) is 4.74 Å². The highest BCUT2D eigenvalue weighted by atomic mass is 16.5. The summed E-state index contributed by atoms with van der Waals surface area (Å²) >= 11 is 0. The summed E-state index contributed by atoms with van der Waals surface area (Å²) in [4.78, 5) is 12.0. The number of terminal acetylenes is 1. The molecule has 2 atom stereocenters. The van der Waals surface area contributed by atoms with Gasteiger partial charge in [0, 0.05) is 5.56 Å². The second kappa shape index (κ2) is 7.83. The molecule has 20 heavy (non-hydrogen) atoms. The van der Waals surface area contributed by atoms with Gasteiger partial charge in [0.2, 0.25) is 6.23 Å². The summed E-state index contributed by atoms with van der Waals surface area (Å²) in [6, 6.07) is 8.45. The van der Waals surface area contributed by atoms with E-state index in [-0.39, 0.29) is 0 Å². The van der Waals surface area contributed by atoms with Gasteiger partial charge in [-0.05, 0) is 24.6 Å². The zero-order chi connectivity index (χ0) is 15.0. The fourth-order valence-electron chi connectivity index (χ4n) is 1.48. The van der Waals surface area contributed by atoms with E-state index < -0.39 is 18.2 Å². The molecule has 104 valence electrons. The number of amides is 1. The van der Waals surface area contributed by atoms with Crippen molar-refractivity contribution in [3.8, 4) is 24.2 Å². The molecule has 0 spiro atoms. The fraction of sp³-hybridized carbons (Fsp3) is 0.333. The van der Waals surface area contributed by atoms with Crippen molar-refractivity contribution in [2.75, 3.05) is 7.11 Å². The molecule has 5 heteroatoms. The van der Waals surface area contributed by atoms with Crippen LogP contribution < -0.4 is 10.1 Å². The molecule has 0 aliphatic carbocycles. The summed E-state index contributed by atoms with van der Waals surface area (Å²) in [6.45, 7) is 1.84. The van der Waals surface area contributed by atoms with Gasteiger partial charge in [0.05, 0.1) is 7.11 Å². The number of nitriles is 1. The molecular weight excluding hydrogens is 256 g/mol. The van der Waals surface area contributed by atoms with Crippen LogP contribution in [0.4, 0.5) is 0 Å². The molecule has 0 aliphatic rings. The molecule has 5 nitrogen and oxygen atoms in total. The molecular formula is C15H16N2O3. The van der Waals surface area contributed by atoms with Gasteiger partial charge >= 0.3 is 0 Å². The van der Waals surface area contributed by atoms with E-state index in [1.807, 2.05) is 13.0 Å². The molecule has 0 saturated heterocycles. The molecule has 0 radical (unpaired) electrons. The first kappa shape index (κ1) is 15.6. The molecule has 0 saturated carbocycles. The van der Waals surface area contributed by atoms with Gasteiger partial charge in [-0.1, -0.05) is 18.9 Å². The zero-order valence-electron chi connectivity index (χ0n) is 11.4. The van der Waals surface area contributed by atoms with Crippen LogP contribution in [-0.4, -0.2) is 25.3 Å². The van der Waals surface area contributed by atoms with Crippen LogP contribution in [0.2, 0.25) is 0 Å². The lowest BCUT2D eigenvalue weighted by Crippen LogP contribution is -2.38. The monoisotopic (exact) mass is 272 g/mol. The van der Waals surface area contributed by atoms with Gasteiger partial charge in [-0.3, -0.25) is 4.79 Å². The molecule has 0 fully saturated rings. The largest absolute Gasteiger partial charge is 0.497 e. The van der Waals surface area contributed by atoms with Gasteiger partial charge in [0.15, 0.2) is 0 Å². The first-order valence-corrected chi connectivity index (χ1v) is 6.10. The highest BCUT2D eigenvalue weighted by molar-refractivity contribution is 5.94. The predicted molar refractivity (Wildman–Crippen MR) is 73.9 cm³/mol. The Kier molecular flexibility index (Phi) is 6.09. The summed E-state index contributed by atoms with van der Waals surface area (Å²) in [7, 11) is 1.51. The van der Waals surface area contributed by atoms with Crippen molar-refractivity contribution >= 4 is 5.91 Å². The zero-order valence-corrected chi connectivity index (χ0v) is 11.4. The van der Waals surface area contributed by atoms with E-state index in [2.05, 4.69) is 11.2 Å². The third-order valence-electron chi connectivity index (χ3n) is 2.57. The van der Waals surface area contributed by atoms with Crippen LogP contribution in [0.3, 0.4) is 0 Å². The number of carbonyl (C=O) groups excluding carboxylic acids is 1. The quantitative estimate of drug-likeness (QED) is 0.632. The lowest BCUT2D eigenvalue weighted by atomic mass is 10.2. The minimum absolute atomic E-state index is 0.377. The van der Waals surface area contributed by atoms with Crippen LogP contribution in [0.25, 0.3) is 0 Å². The molecule has 1 aromatic rings. The Bertz CT molecular complexity index is 543. The average Bonchev–Trinajstić information content (AvgIpc) is 2.51. The van der Waals surface area contributed by atoms with Gasteiger partial charge in [-0.25, -0.2) is 0 Å². The van der Waals surface area contributed by atoms with E-state index in [4.69, 9.17) is 21.2 Å². The van der Waals surface area contributed by atoms with E-state index in [0.29, 0.717) is 17.7 Å². The Morgan fingerprint density at radius 2 is 2.30 bits per heavy atom. The van der Waals surface area contributed by atoms with Crippen molar-refractivity contribution in [3.05, 3.63) is 29.8 Å². The van der Waals surface area contributed by atoms with E-state index in [1.165, 1.54) is 7.11 Å². The number of methoxy groups -OCH3 is 1. The van der Waals surface area contributed by atoms with Crippen LogP contribution in [0, 0.1) is 23.7 Å². The second-order valence-electron chi connectivity index (χ2n) is 3.91. The first-order valence-electron chi connectivity index (χ1n) is 6.10. The Labute approximate surface area is 118 Å². The lowest BCUT2D eigenvalue weighted by molar-refractivity contribution is 0.0284. The number of ether oxygens (including phenoxy) is 2. The maximum Gasteiger partial charge on any atom is 0.254 e. The highest BCUT2D eigenvalue weighted by Gasteiger charge is 2.17. The van der Waals surface area contributed by atoms with Crippen molar-refractivity contribution < 1.29 is 14.3 Å². The Balaban J connectivity index is 2.72. The molecule has 0 aromatic heterocycles. The summed E-state index contributed by atoms with van der Waals surface area (Å²) in [5.74, 6) is 2.53. The van der Waals surface area contributed by atoms with Crippen LogP contribution in [0.15, 0.2) is 24.3 Å². The SMILES string of the molecule is C#CC(CC)OC(C#N)NC(=O)c1cccc(OC)c1. The average molecular weight is 272 g/mol. The van der Waals surface area contributed by atoms with Crippen LogP contribution >= 0.6 is 0 Å². The highest BCUT2D eigenvalue weighted by Crippen LogP contribution is 2.12. The summed E-state index contributed by atoms with van der Waals surface area (Å²) in [6.07, 6.45) is 4.21. The van der Waals surface area contributed by atoms with Gasteiger partial charge in [-0.2, -0.15) is 5.26 Å². The number of nitrogens with one attached hydrogen (secondary N) is 1. The van der Waals surface area contributed by atoms with Crippen molar-refractivity contribution in [1.82, 2.24) is 5.32 Å². The first-order chi connectivity index (χ1) is 9.64. The summed E-state index contributed by atoms with van der Waals surface area (Å²) < 4.78 is 10.3. The van der Waals surface area contributed by atoms with Crippen molar-refractivity contribution in [2.45, 2.75) is 25.7 Å². The smallest absolute Gasteiger partial charge is 0.254 e. The van der Waals surface area contributed by atoms with Gasteiger partial charge < -0.3 is 14.8 Å². The third kappa shape index (κ3) is 4.31. The summed E-state index contributed by atoms with van der Waals surface area (Å²) in [5.41, 5.74) is 0.377. The van der Waals surface area contributed by atoms with E-state index in [9.17, 15) is 4.79 Å². The molecule has 1 amide bonds. The standard InChI is InChI=1S/C15H16N2O3/c1-4-12(5-2)20-14(10-16)17-15(18)11-7-6-8-13(9-11)19-3/h1,6-9,12,14H,5H2,2-3H3,(H,17,18). The molecule has 1 aromatic carbocycles. The van der Waals surface area contributed by atoms with Crippen molar-refractivity contribution in [1.29, 1.82) is 5.26 Å². The van der Waals surface area contributed by atoms with Crippen molar-refractivity contribution in [2.24, 2.45) is 0 Å². The number of nitrogens with zero attached hydrogens (tertiary/aromatic N) is 1. The number of rotatable bonds is 6. The van der Waals surface area contributed by atoms with Gasteiger partial charge in [-0.15, -0.1) is 6.42 Å². The maximum absolute atomic E-state index is 12.0. The molecule has 1 N–H and O–H groups in total. The number of hydrogen-bond acceptors (Lipinski definition) is 4. The van der Waals surface area contributed by atoms with E-state index >= 15 is 0 Å². The topological polar surface area (TPSA) is 71.3 Å². The summed E-state index contributed by atoms with van der Waals surface area (Å²) in [5, 5.41) is 11.4. The van der Waals surface area contributed by atoms with Crippen LogP contribution in [0.5, 0.6) is 5.75 Å². The lowest BCUT2D eigenvalue weighted by Gasteiger charge is -2.16. The molecule has 0 bridgehead atoms. The Hall–Kier alpha value is -2.50. The number of carbonyl (C=O) groups is 1. The molecule has 0 heterocycles. The number of benzene rings is 1. The Morgan fingerprint density at radius 1 is 1.55 bits per heavy atom. The van der Waals surface area contributed by atoms with Gasteiger partial charge in [0.25, 0.3) is 5.91 Å². The minimum atomic E-state index is -1.09. The molecule has 1 rings (SSSR count).